The van der Waals surface area contributed by atoms with Crippen LogP contribution in [-0.4, -0.2) is 58.4 Å². The predicted molar refractivity (Wildman–Crippen MR) is 124 cm³/mol. The molecule has 1 amide bonds. The van der Waals surface area contributed by atoms with E-state index >= 15 is 0 Å². The molecule has 0 aliphatic carbocycles. The highest BCUT2D eigenvalue weighted by Crippen LogP contribution is 2.36. The number of carbonyl (C=O) groups is 1. The monoisotopic (exact) mass is 431 g/mol. The summed E-state index contributed by atoms with van der Waals surface area (Å²) in [6.07, 6.45) is 10.5. The zero-order valence-electron chi connectivity index (χ0n) is 18.4. The van der Waals surface area contributed by atoms with Gasteiger partial charge >= 0.3 is 0 Å². The van der Waals surface area contributed by atoms with Crippen molar-refractivity contribution in [2.24, 2.45) is 0 Å². The van der Waals surface area contributed by atoms with Crippen molar-refractivity contribution in [3.8, 4) is 0 Å². The number of anilines is 2. The second-order valence-electron chi connectivity index (χ2n) is 9.09. The van der Waals surface area contributed by atoms with Gasteiger partial charge in [-0.25, -0.2) is 14.6 Å². The summed E-state index contributed by atoms with van der Waals surface area (Å²) in [6.45, 7) is 5.39. The molecule has 166 valence electrons. The van der Waals surface area contributed by atoms with E-state index in [1.807, 2.05) is 10.9 Å². The van der Waals surface area contributed by atoms with E-state index in [9.17, 15) is 4.79 Å². The van der Waals surface area contributed by atoms with Crippen molar-refractivity contribution in [3.05, 3.63) is 41.3 Å². The SMILES string of the molecule is O=C(NCCn1ncc2c(N3CCCCC3)ncnc21)c1cc2c3c(c1)CCN3CCC2. The van der Waals surface area contributed by atoms with E-state index in [2.05, 4.69) is 42.3 Å². The molecule has 0 bridgehead atoms. The molecule has 2 aromatic heterocycles. The molecule has 0 spiro atoms. The Hall–Kier alpha value is -3.16. The van der Waals surface area contributed by atoms with Gasteiger partial charge in [-0.1, -0.05) is 0 Å². The van der Waals surface area contributed by atoms with Crippen LogP contribution in [0.1, 0.15) is 47.2 Å². The lowest BCUT2D eigenvalue weighted by Gasteiger charge is -2.27. The van der Waals surface area contributed by atoms with Crippen LogP contribution >= 0.6 is 0 Å². The third kappa shape index (κ3) is 3.38. The molecule has 5 heterocycles. The third-order valence-electron chi connectivity index (χ3n) is 7.05. The van der Waals surface area contributed by atoms with E-state index in [4.69, 9.17) is 0 Å². The summed E-state index contributed by atoms with van der Waals surface area (Å²) in [7, 11) is 0. The Bertz CT molecular complexity index is 1160. The first-order valence-corrected chi connectivity index (χ1v) is 11.9. The smallest absolute Gasteiger partial charge is 0.251 e. The highest BCUT2D eigenvalue weighted by atomic mass is 16.1. The van der Waals surface area contributed by atoms with Crippen LogP contribution in [0.4, 0.5) is 11.5 Å². The molecular weight excluding hydrogens is 402 g/mol. The number of hydrogen-bond donors (Lipinski definition) is 1. The van der Waals surface area contributed by atoms with Crippen LogP contribution in [0.5, 0.6) is 0 Å². The number of amides is 1. The normalized spacial score (nSPS) is 17.6. The number of benzene rings is 1. The summed E-state index contributed by atoms with van der Waals surface area (Å²) in [4.78, 5) is 26.7. The maximum Gasteiger partial charge on any atom is 0.251 e. The van der Waals surface area contributed by atoms with E-state index < -0.39 is 0 Å². The van der Waals surface area contributed by atoms with E-state index in [1.54, 1.807) is 6.33 Å². The Labute approximate surface area is 187 Å². The molecule has 0 saturated carbocycles. The molecule has 1 aromatic carbocycles. The number of aromatic nitrogens is 4. The van der Waals surface area contributed by atoms with E-state index in [0.29, 0.717) is 13.1 Å². The summed E-state index contributed by atoms with van der Waals surface area (Å²) in [6, 6.07) is 4.17. The predicted octanol–water partition coefficient (Wildman–Crippen LogP) is 2.56. The Morgan fingerprint density at radius 3 is 2.62 bits per heavy atom. The van der Waals surface area contributed by atoms with E-state index in [0.717, 1.165) is 61.4 Å². The van der Waals surface area contributed by atoms with Crippen LogP contribution in [0, 0.1) is 0 Å². The molecule has 0 atom stereocenters. The molecule has 3 aliphatic heterocycles. The summed E-state index contributed by atoms with van der Waals surface area (Å²) >= 11 is 0. The lowest BCUT2D eigenvalue weighted by atomic mass is 9.96. The zero-order chi connectivity index (χ0) is 21.5. The second-order valence-corrected chi connectivity index (χ2v) is 9.09. The average molecular weight is 432 g/mol. The number of rotatable bonds is 5. The largest absolute Gasteiger partial charge is 0.371 e. The molecule has 1 N–H and O–H groups in total. The van der Waals surface area contributed by atoms with Gasteiger partial charge in [0.1, 0.15) is 12.1 Å². The first-order valence-electron chi connectivity index (χ1n) is 11.9. The lowest BCUT2D eigenvalue weighted by Crippen LogP contribution is -2.30. The molecule has 8 heteroatoms. The molecular formula is C24H29N7O. The number of piperidine rings is 1. The Morgan fingerprint density at radius 1 is 0.938 bits per heavy atom. The number of nitrogens with zero attached hydrogens (tertiary/aromatic N) is 6. The van der Waals surface area contributed by atoms with Crippen molar-refractivity contribution >= 4 is 28.4 Å². The zero-order valence-corrected chi connectivity index (χ0v) is 18.4. The van der Waals surface area contributed by atoms with Crippen LogP contribution in [0.15, 0.2) is 24.7 Å². The van der Waals surface area contributed by atoms with Gasteiger partial charge in [-0.05, 0) is 61.8 Å². The maximum absolute atomic E-state index is 12.9. The van der Waals surface area contributed by atoms with Gasteiger partial charge in [0.15, 0.2) is 5.65 Å². The van der Waals surface area contributed by atoms with Crippen molar-refractivity contribution in [1.82, 2.24) is 25.1 Å². The quantitative estimate of drug-likeness (QED) is 0.669. The summed E-state index contributed by atoms with van der Waals surface area (Å²) in [5.41, 5.74) is 5.66. The Balaban J connectivity index is 1.15. The molecule has 8 nitrogen and oxygen atoms in total. The maximum atomic E-state index is 12.9. The first kappa shape index (κ1) is 19.5. The van der Waals surface area contributed by atoms with Crippen LogP contribution in [0.25, 0.3) is 11.0 Å². The minimum Gasteiger partial charge on any atom is -0.371 e. The topological polar surface area (TPSA) is 79.2 Å². The average Bonchev–Trinajstić information content (AvgIpc) is 3.45. The van der Waals surface area contributed by atoms with Gasteiger partial charge in [-0.2, -0.15) is 5.10 Å². The van der Waals surface area contributed by atoms with Crippen molar-refractivity contribution < 1.29 is 4.79 Å². The van der Waals surface area contributed by atoms with Crippen molar-refractivity contribution in [1.29, 1.82) is 0 Å². The number of carbonyl (C=O) groups excluding carboxylic acids is 1. The second kappa shape index (κ2) is 8.07. The van der Waals surface area contributed by atoms with Crippen molar-refractivity contribution in [2.75, 3.05) is 42.5 Å². The highest BCUT2D eigenvalue weighted by molar-refractivity contribution is 5.95. The molecule has 32 heavy (non-hydrogen) atoms. The van der Waals surface area contributed by atoms with Crippen LogP contribution in [0.2, 0.25) is 0 Å². The molecule has 1 saturated heterocycles. The number of fused-ring (bicyclic) bond motifs is 1. The summed E-state index contributed by atoms with van der Waals surface area (Å²) < 4.78 is 1.87. The molecule has 6 rings (SSSR count). The van der Waals surface area contributed by atoms with Crippen molar-refractivity contribution in [2.45, 2.75) is 45.1 Å². The van der Waals surface area contributed by atoms with Crippen LogP contribution in [-0.2, 0) is 19.4 Å². The van der Waals surface area contributed by atoms with Crippen LogP contribution < -0.4 is 15.1 Å². The van der Waals surface area contributed by atoms with Gasteiger partial charge in [-0.3, -0.25) is 4.79 Å². The third-order valence-corrected chi connectivity index (χ3v) is 7.05. The van der Waals surface area contributed by atoms with Crippen LogP contribution in [0.3, 0.4) is 0 Å². The summed E-state index contributed by atoms with van der Waals surface area (Å²) in [5, 5.41) is 8.61. The fraction of sp³-hybridized carbons (Fsp3) is 0.500. The van der Waals surface area contributed by atoms with Gasteiger partial charge in [-0.15, -0.1) is 0 Å². The van der Waals surface area contributed by atoms with E-state index in [-0.39, 0.29) is 5.91 Å². The minimum absolute atomic E-state index is 0.00633. The summed E-state index contributed by atoms with van der Waals surface area (Å²) in [5.74, 6) is 0.972. The molecule has 3 aromatic rings. The Morgan fingerprint density at radius 2 is 1.75 bits per heavy atom. The number of aryl methyl sites for hydroxylation is 1. The molecule has 1 fully saturated rings. The number of nitrogens with one attached hydrogen (secondary N) is 1. The van der Waals surface area contributed by atoms with Gasteiger partial charge in [0.2, 0.25) is 0 Å². The lowest BCUT2D eigenvalue weighted by molar-refractivity contribution is 0.0952. The van der Waals surface area contributed by atoms with Gasteiger partial charge in [0.25, 0.3) is 5.91 Å². The molecule has 0 radical (unpaired) electrons. The fourth-order valence-electron chi connectivity index (χ4n) is 5.51. The first-order chi connectivity index (χ1) is 15.8. The van der Waals surface area contributed by atoms with Crippen molar-refractivity contribution in [3.63, 3.8) is 0 Å². The van der Waals surface area contributed by atoms with Gasteiger partial charge < -0.3 is 15.1 Å². The van der Waals surface area contributed by atoms with Gasteiger partial charge in [0, 0.05) is 44.0 Å². The fourth-order valence-corrected chi connectivity index (χ4v) is 5.51. The van der Waals surface area contributed by atoms with Gasteiger partial charge in [0.05, 0.1) is 18.1 Å². The molecule has 3 aliphatic rings. The van der Waals surface area contributed by atoms with E-state index in [1.165, 1.54) is 42.5 Å². The minimum atomic E-state index is -0.00633. The number of hydrogen-bond acceptors (Lipinski definition) is 6. The Kier molecular flexibility index (Phi) is 4.92. The highest BCUT2D eigenvalue weighted by Gasteiger charge is 2.27. The molecule has 0 unspecified atom stereocenters. The standard InChI is InChI=1S/C24H29N7O/c32-24(19-13-17-5-4-10-29-11-6-18(14-19)21(17)29)25-7-12-31-23-20(15-28-31)22(26-16-27-23)30-8-2-1-3-9-30/h13-16H,1-12H2,(H,25,32).